The van der Waals surface area contributed by atoms with Crippen LogP contribution in [0.3, 0.4) is 0 Å². The van der Waals surface area contributed by atoms with Gasteiger partial charge in [0.1, 0.15) is 5.69 Å². The molecule has 2 rings (SSSR count). The Kier molecular flexibility index (Phi) is 3.10. The van der Waals surface area contributed by atoms with E-state index >= 15 is 0 Å². The van der Waals surface area contributed by atoms with Crippen molar-refractivity contribution < 1.29 is 4.92 Å². The number of aromatic nitrogens is 3. The lowest BCUT2D eigenvalue weighted by Gasteiger charge is -2.04. The molecule has 0 amide bonds. The normalized spacial score (nSPS) is 10.3. The fourth-order valence-corrected chi connectivity index (χ4v) is 1.58. The minimum absolute atomic E-state index is 0.00833. The van der Waals surface area contributed by atoms with E-state index in [2.05, 4.69) is 10.2 Å². The number of hydrogen-bond donors (Lipinski definition) is 2. The third-order valence-electron chi connectivity index (χ3n) is 2.53. The van der Waals surface area contributed by atoms with E-state index < -0.39 is 10.5 Å². The van der Waals surface area contributed by atoms with Gasteiger partial charge in [0.15, 0.2) is 0 Å². The van der Waals surface area contributed by atoms with Crippen LogP contribution in [0.15, 0.2) is 29.1 Å². The van der Waals surface area contributed by atoms with Gasteiger partial charge < -0.3 is 11.6 Å². The fraction of sp³-hybridized carbons (Fsp3) is 0.100. The number of nitrogens with zero attached hydrogens (tertiary/aromatic N) is 4. The molecular formula is C10H10N6O3. The molecule has 1 aromatic heterocycles. The maximum Gasteiger partial charge on any atom is 0.295 e. The molecule has 0 saturated heterocycles. The lowest BCUT2D eigenvalue weighted by atomic mass is 10.1. The maximum absolute atomic E-state index is 11.8. The largest absolute Gasteiger partial charge is 0.366 e. The summed E-state index contributed by atoms with van der Waals surface area (Å²) in [6.07, 6.45) is -0.0412. The van der Waals surface area contributed by atoms with E-state index in [1.165, 1.54) is 18.2 Å². The summed E-state index contributed by atoms with van der Waals surface area (Å²) in [5.74, 6) is 5.15. The zero-order chi connectivity index (χ0) is 14.0. The Morgan fingerprint density at radius 2 is 2.00 bits per heavy atom. The smallest absolute Gasteiger partial charge is 0.295 e. The van der Waals surface area contributed by atoms with E-state index in [4.69, 9.17) is 11.6 Å². The first-order valence-corrected chi connectivity index (χ1v) is 5.22. The quantitative estimate of drug-likeness (QED) is 0.428. The molecule has 0 radical (unpaired) electrons. The highest BCUT2D eigenvalue weighted by Crippen LogP contribution is 2.19. The summed E-state index contributed by atoms with van der Waals surface area (Å²) in [5.41, 5.74) is 4.93. The van der Waals surface area contributed by atoms with Crippen molar-refractivity contribution in [2.24, 2.45) is 0 Å². The maximum atomic E-state index is 11.8. The first-order chi connectivity index (χ1) is 9.00. The molecule has 0 aliphatic carbocycles. The predicted octanol–water partition coefficient (Wildman–Crippen LogP) is -0.567. The number of nitrogen functional groups attached to an aromatic ring is 2. The van der Waals surface area contributed by atoms with Gasteiger partial charge in [-0.25, -0.2) is 0 Å². The Bertz CT molecular complexity index is 696. The second kappa shape index (κ2) is 4.72. The summed E-state index contributed by atoms with van der Waals surface area (Å²) in [4.78, 5) is 22.1. The Hall–Kier alpha value is -2.97. The van der Waals surface area contributed by atoms with Crippen LogP contribution in [0.25, 0.3) is 0 Å². The molecule has 2 aromatic rings. The highest BCUT2D eigenvalue weighted by molar-refractivity contribution is 5.41. The van der Waals surface area contributed by atoms with Crippen molar-refractivity contribution in [3.05, 3.63) is 56.0 Å². The van der Waals surface area contributed by atoms with E-state index in [-0.39, 0.29) is 23.8 Å². The molecule has 4 N–H and O–H groups in total. The first-order valence-electron chi connectivity index (χ1n) is 5.22. The molecule has 0 spiro atoms. The van der Waals surface area contributed by atoms with E-state index in [1.807, 2.05) is 0 Å². The van der Waals surface area contributed by atoms with Gasteiger partial charge in [-0.05, 0) is 0 Å². The van der Waals surface area contributed by atoms with Gasteiger partial charge in [-0.15, -0.1) is 10.2 Å². The topological polar surface area (TPSA) is 143 Å². The molecular weight excluding hydrogens is 252 g/mol. The van der Waals surface area contributed by atoms with Gasteiger partial charge in [-0.3, -0.25) is 14.9 Å². The van der Waals surface area contributed by atoms with Gasteiger partial charge in [-0.1, -0.05) is 18.2 Å². The highest BCUT2D eigenvalue weighted by Gasteiger charge is 2.16. The van der Waals surface area contributed by atoms with Crippen molar-refractivity contribution in [1.82, 2.24) is 14.9 Å². The average Bonchev–Trinajstić information content (AvgIpc) is 2.40. The monoisotopic (exact) mass is 262 g/mol. The van der Waals surface area contributed by atoms with E-state index in [1.54, 1.807) is 6.07 Å². The van der Waals surface area contributed by atoms with Crippen LogP contribution >= 0.6 is 0 Å². The first kappa shape index (κ1) is 12.5. The lowest BCUT2D eigenvalue weighted by molar-refractivity contribution is -0.385. The molecule has 9 nitrogen and oxygen atoms in total. The lowest BCUT2D eigenvalue weighted by Crippen LogP contribution is -2.34. The Morgan fingerprint density at radius 3 is 2.68 bits per heavy atom. The highest BCUT2D eigenvalue weighted by atomic mass is 16.6. The van der Waals surface area contributed by atoms with Crippen LogP contribution in [-0.4, -0.2) is 19.8 Å². The van der Waals surface area contributed by atoms with Gasteiger partial charge in [0.25, 0.3) is 11.2 Å². The van der Waals surface area contributed by atoms with Crippen molar-refractivity contribution in [3.8, 4) is 0 Å². The number of benzene rings is 1. The fourth-order valence-electron chi connectivity index (χ4n) is 1.58. The second-order valence-electron chi connectivity index (χ2n) is 3.74. The predicted molar refractivity (Wildman–Crippen MR) is 66.8 cm³/mol. The van der Waals surface area contributed by atoms with Crippen LogP contribution in [0.1, 0.15) is 11.3 Å². The minimum atomic E-state index is -0.634. The Balaban J connectivity index is 2.46. The minimum Gasteiger partial charge on any atom is -0.366 e. The van der Waals surface area contributed by atoms with Gasteiger partial charge in [-0.2, -0.15) is 4.68 Å². The molecule has 0 saturated carbocycles. The molecule has 0 bridgehead atoms. The summed E-state index contributed by atoms with van der Waals surface area (Å²) in [6, 6.07) is 6.06. The van der Waals surface area contributed by atoms with Crippen LogP contribution in [0.4, 0.5) is 11.6 Å². The molecule has 98 valence electrons. The number of para-hydroxylation sites is 1. The number of nitro groups is 1. The Morgan fingerprint density at radius 1 is 1.32 bits per heavy atom. The molecule has 0 fully saturated rings. The number of nitro benzene ring substituents is 1. The van der Waals surface area contributed by atoms with Crippen LogP contribution in [0.2, 0.25) is 0 Å². The van der Waals surface area contributed by atoms with E-state index in [0.29, 0.717) is 10.2 Å². The molecule has 0 atom stereocenters. The molecule has 0 unspecified atom stereocenters. The molecule has 9 heteroatoms. The third kappa shape index (κ3) is 2.34. The van der Waals surface area contributed by atoms with Crippen LogP contribution in [0.5, 0.6) is 0 Å². The molecule has 19 heavy (non-hydrogen) atoms. The average molecular weight is 262 g/mol. The van der Waals surface area contributed by atoms with Crippen molar-refractivity contribution in [1.29, 1.82) is 0 Å². The summed E-state index contributed by atoms with van der Waals surface area (Å²) < 4.78 is 0.650. The SMILES string of the molecule is Nc1nnc(Cc2ccccc2[N+](=O)[O-])c(=O)n1N. The summed E-state index contributed by atoms with van der Waals surface area (Å²) >= 11 is 0. The third-order valence-corrected chi connectivity index (χ3v) is 2.53. The van der Waals surface area contributed by atoms with Gasteiger partial charge in [0, 0.05) is 18.1 Å². The van der Waals surface area contributed by atoms with E-state index in [0.717, 1.165) is 0 Å². The van der Waals surface area contributed by atoms with Gasteiger partial charge in [0.05, 0.1) is 4.92 Å². The van der Waals surface area contributed by atoms with Crippen molar-refractivity contribution >= 4 is 11.6 Å². The summed E-state index contributed by atoms with van der Waals surface area (Å²) in [6.45, 7) is 0. The van der Waals surface area contributed by atoms with Crippen LogP contribution < -0.4 is 17.1 Å². The number of nitrogens with two attached hydrogens (primary N) is 2. The number of hydrogen-bond acceptors (Lipinski definition) is 7. The Labute approximate surface area is 106 Å². The van der Waals surface area contributed by atoms with Crippen LogP contribution in [-0.2, 0) is 6.42 Å². The summed E-state index contributed by atoms with van der Waals surface area (Å²) in [7, 11) is 0. The van der Waals surface area contributed by atoms with Crippen LogP contribution in [0, 0.1) is 10.1 Å². The van der Waals surface area contributed by atoms with Crippen molar-refractivity contribution in [2.75, 3.05) is 11.6 Å². The second-order valence-corrected chi connectivity index (χ2v) is 3.74. The van der Waals surface area contributed by atoms with Gasteiger partial charge in [0.2, 0.25) is 5.95 Å². The van der Waals surface area contributed by atoms with E-state index in [9.17, 15) is 14.9 Å². The van der Waals surface area contributed by atoms with Gasteiger partial charge >= 0.3 is 0 Å². The zero-order valence-electron chi connectivity index (χ0n) is 9.68. The zero-order valence-corrected chi connectivity index (χ0v) is 9.68. The number of anilines is 1. The number of rotatable bonds is 3. The molecule has 0 aliphatic rings. The summed E-state index contributed by atoms with van der Waals surface area (Å²) in [5, 5.41) is 18.0. The molecule has 1 aromatic carbocycles. The molecule has 0 aliphatic heterocycles. The molecule has 1 heterocycles. The standard InChI is InChI=1S/C10H10N6O3/c11-10-14-13-7(9(17)15(10)12)5-6-3-1-2-4-8(6)16(18)19/h1-4H,5,12H2,(H2,11,14). The van der Waals surface area contributed by atoms with Crippen molar-refractivity contribution in [2.45, 2.75) is 6.42 Å². The van der Waals surface area contributed by atoms with Crippen molar-refractivity contribution in [3.63, 3.8) is 0 Å².